The number of carbonyl (C=O) groups excluding carboxylic acids is 2. The first-order chi connectivity index (χ1) is 13.9. The first kappa shape index (κ1) is 27.1. The van der Waals surface area contributed by atoms with Crippen LogP contribution in [0.5, 0.6) is 11.5 Å². The molecule has 0 aliphatic carbocycles. The van der Waals surface area contributed by atoms with Gasteiger partial charge in [0.2, 0.25) is 20.0 Å². The summed E-state index contributed by atoms with van der Waals surface area (Å²) in [5.41, 5.74) is 0. The van der Waals surface area contributed by atoms with E-state index in [1.54, 1.807) is 26.0 Å². The fraction of sp³-hybridized carbons (Fsp3) is 0.500. The van der Waals surface area contributed by atoms with Gasteiger partial charge in [-0.25, -0.2) is 9.59 Å². The Labute approximate surface area is 203 Å². The summed E-state index contributed by atoms with van der Waals surface area (Å²) in [5, 5.41) is 4.53. The van der Waals surface area contributed by atoms with Crippen LogP contribution in [-0.2, 0) is 9.47 Å². The van der Waals surface area contributed by atoms with Crippen LogP contribution in [0.4, 0.5) is 9.59 Å². The van der Waals surface area contributed by atoms with E-state index in [0.717, 1.165) is 0 Å². The van der Waals surface area contributed by atoms with Crippen LogP contribution in [0.1, 0.15) is 13.8 Å². The molecule has 8 nitrogen and oxygen atoms in total. The van der Waals surface area contributed by atoms with Crippen LogP contribution < -0.4 is 20.1 Å². The van der Waals surface area contributed by atoms with Crippen molar-refractivity contribution in [3.8, 4) is 11.5 Å². The van der Waals surface area contributed by atoms with Crippen LogP contribution in [0.2, 0.25) is 0 Å². The van der Waals surface area contributed by atoms with Gasteiger partial charge in [0, 0.05) is 0 Å². The third kappa shape index (κ3) is 9.49. The first-order valence-corrected chi connectivity index (χ1v) is 10.6. The van der Waals surface area contributed by atoms with Gasteiger partial charge in [0.05, 0.1) is 13.2 Å². The van der Waals surface area contributed by atoms with Crippen LogP contribution in [0, 0.1) is 0 Å². The lowest BCUT2D eigenvalue weighted by molar-refractivity contribution is 0.0998. The number of rotatable bonds is 8. The number of para-hydroxylation sites is 2. The summed E-state index contributed by atoms with van der Waals surface area (Å²) in [6.07, 6.45) is -4.71. The Morgan fingerprint density at radius 2 is 1.13 bits per heavy atom. The molecule has 2 amide bonds. The van der Waals surface area contributed by atoms with Crippen LogP contribution in [0.25, 0.3) is 0 Å². The third-order valence-corrected chi connectivity index (χ3v) is 4.17. The molecule has 2 N–H and O–H groups in total. The van der Waals surface area contributed by atoms with Gasteiger partial charge in [0.25, 0.3) is 0 Å². The minimum Gasteiger partial charge on any atom is -0.462 e. The van der Waals surface area contributed by atoms with Gasteiger partial charge in [-0.15, -0.1) is 0 Å². The lowest BCUT2D eigenvalue weighted by Crippen LogP contribution is -2.49. The fourth-order valence-corrected chi connectivity index (χ4v) is 2.41. The van der Waals surface area contributed by atoms with Crippen LogP contribution in [-0.4, -0.2) is 45.4 Å². The molecule has 0 heterocycles. The van der Waals surface area contributed by atoms with Crippen molar-refractivity contribution in [3.63, 3.8) is 0 Å². The Balaban J connectivity index is 3.10. The molecular weight excluding hydrogens is 529 g/mol. The van der Waals surface area contributed by atoms with Crippen molar-refractivity contribution in [2.75, 3.05) is 13.2 Å². The average Bonchev–Trinajstić information content (AvgIpc) is 2.61. The molecule has 1 aromatic rings. The van der Waals surface area contributed by atoms with E-state index in [1.165, 1.54) is 12.1 Å². The molecule has 1 aromatic carbocycles. The zero-order valence-electron chi connectivity index (χ0n) is 15.6. The van der Waals surface area contributed by atoms with Gasteiger partial charge in [0.1, 0.15) is 0 Å². The largest absolute Gasteiger partial charge is 0.462 e. The second-order valence-electron chi connectivity index (χ2n) is 5.26. The maximum Gasteiger partial charge on any atom is 0.410 e. The molecule has 30 heavy (non-hydrogen) atoms. The number of halogens is 6. The maximum absolute atomic E-state index is 11.7. The quantitative estimate of drug-likeness (QED) is 0.338. The Bertz CT molecular complexity index is 653. The summed E-state index contributed by atoms with van der Waals surface area (Å²) in [4.78, 5) is 23.5. The highest BCUT2D eigenvalue weighted by atomic mass is 35.6. The molecule has 0 bridgehead atoms. The molecule has 14 heteroatoms. The van der Waals surface area contributed by atoms with Crippen molar-refractivity contribution in [1.82, 2.24) is 10.6 Å². The SMILES string of the molecule is CCOC(=O)NC(Oc1ccccc1OC(NC(=O)OCC)C(Cl)(Cl)Cl)C(Cl)(Cl)Cl. The number of benzene rings is 1. The number of alkyl carbamates (subject to hydrolysis) is 2. The van der Waals surface area contributed by atoms with Crippen molar-refractivity contribution in [2.45, 2.75) is 33.9 Å². The summed E-state index contributed by atoms with van der Waals surface area (Å²) in [5.74, 6) is -0.00827. The molecule has 0 radical (unpaired) electrons. The van der Waals surface area contributed by atoms with Crippen LogP contribution in [0.3, 0.4) is 0 Å². The van der Waals surface area contributed by atoms with E-state index in [0.29, 0.717) is 0 Å². The van der Waals surface area contributed by atoms with E-state index in [2.05, 4.69) is 10.6 Å². The van der Waals surface area contributed by atoms with Crippen molar-refractivity contribution >= 4 is 81.8 Å². The number of ether oxygens (including phenoxy) is 4. The summed E-state index contributed by atoms with van der Waals surface area (Å²) < 4.78 is 16.5. The molecule has 2 atom stereocenters. The molecule has 0 aliphatic rings. The van der Waals surface area contributed by atoms with E-state index in [4.69, 9.17) is 88.6 Å². The summed E-state index contributed by atoms with van der Waals surface area (Å²) in [6, 6.07) is 6.02. The predicted octanol–water partition coefficient (Wildman–Crippen LogP) is 5.33. The highest BCUT2D eigenvalue weighted by Gasteiger charge is 2.39. The topological polar surface area (TPSA) is 95.1 Å². The molecule has 0 aromatic heterocycles. The number of nitrogens with one attached hydrogen (secondary N) is 2. The second kappa shape index (κ2) is 12.2. The van der Waals surface area contributed by atoms with Crippen molar-refractivity contribution in [3.05, 3.63) is 24.3 Å². The molecular formula is C16H18Cl6N2O6. The summed E-state index contributed by atoms with van der Waals surface area (Å²) in [7, 11) is 0. The summed E-state index contributed by atoms with van der Waals surface area (Å²) in [6.45, 7) is 3.37. The molecule has 1 rings (SSSR count). The number of carbonyl (C=O) groups is 2. The maximum atomic E-state index is 11.7. The van der Waals surface area contributed by atoms with Gasteiger partial charge in [-0.2, -0.15) is 0 Å². The van der Waals surface area contributed by atoms with Gasteiger partial charge in [0.15, 0.2) is 11.5 Å². The molecule has 2 unspecified atom stereocenters. The molecule has 0 fully saturated rings. The second-order valence-corrected chi connectivity index (χ2v) is 9.99. The average molecular weight is 547 g/mol. The molecule has 0 saturated heterocycles. The molecule has 0 spiro atoms. The van der Waals surface area contributed by atoms with Gasteiger partial charge in [-0.3, -0.25) is 10.6 Å². The number of alkyl halides is 6. The van der Waals surface area contributed by atoms with Gasteiger partial charge < -0.3 is 18.9 Å². The molecule has 0 aliphatic heterocycles. The van der Waals surface area contributed by atoms with E-state index < -0.39 is 32.2 Å². The van der Waals surface area contributed by atoms with E-state index in [9.17, 15) is 9.59 Å². The minimum absolute atomic E-state index is 0.00414. The Hall–Kier alpha value is -0.900. The highest BCUT2D eigenvalue weighted by Crippen LogP contribution is 2.38. The van der Waals surface area contributed by atoms with Crippen molar-refractivity contribution in [2.24, 2.45) is 0 Å². The van der Waals surface area contributed by atoms with Gasteiger partial charge >= 0.3 is 12.2 Å². The van der Waals surface area contributed by atoms with E-state index in [-0.39, 0.29) is 24.7 Å². The van der Waals surface area contributed by atoms with Crippen LogP contribution in [0.15, 0.2) is 24.3 Å². The normalized spacial score (nSPS) is 13.6. The number of amides is 2. The van der Waals surface area contributed by atoms with Gasteiger partial charge in [-0.05, 0) is 26.0 Å². The third-order valence-electron chi connectivity index (χ3n) is 2.98. The van der Waals surface area contributed by atoms with Gasteiger partial charge in [-0.1, -0.05) is 81.7 Å². The smallest absolute Gasteiger partial charge is 0.410 e. The molecule has 170 valence electrons. The fourth-order valence-electron chi connectivity index (χ4n) is 1.81. The Kier molecular flexibility index (Phi) is 11.0. The van der Waals surface area contributed by atoms with E-state index >= 15 is 0 Å². The first-order valence-electron chi connectivity index (χ1n) is 8.30. The standard InChI is InChI=1S/C16H18Cl6N2O6/c1-3-27-13(25)23-11(15(17,18)19)29-9-7-5-6-8-10(9)30-12(16(20,21)22)24-14(26)28-4-2/h5-8,11-12H,3-4H2,1-2H3,(H,23,25)(H,24,26). The monoisotopic (exact) mass is 544 g/mol. The number of hydrogen-bond donors (Lipinski definition) is 2. The van der Waals surface area contributed by atoms with Crippen molar-refractivity contribution in [1.29, 1.82) is 0 Å². The number of hydrogen-bond acceptors (Lipinski definition) is 6. The van der Waals surface area contributed by atoms with Crippen molar-refractivity contribution < 1.29 is 28.5 Å². The lowest BCUT2D eigenvalue weighted by Gasteiger charge is -2.29. The predicted molar refractivity (Wildman–Crippen MR) is 116 cm³/mol. The Morgan fingerprint density at radius 1 is 0.800 bits per heavy atom. The van der Waals surface area contributed by atoms with Crippen LogP contribution >= 0.6 is 69.6 Å². The highest BCUT2D eigenvalue weighted by molar-refractivity contribution is 6.68. The minimum atomic E-state index is -2.09. The molecule has 0 saturated carbocycles. The Morgan fingerprint density at radius 3 is 1.40 bits per heavy atom. The zero-order chi connectivity index (χ0) is 22.9. The summed E-state index contributed by atoms with van der Waals surface area (Å²) >= 11 is 35.3. The zero-order valence-corrected chi connectivity index (χ0v) is 20.1. The lowest BCUT2D eigenvalue weighted by atomic mass is 10.3. The van der Waals surface area contributed by atoms with E-state index in [1.807, 2.05) is 0 Å².